The number of hydrogen-bond donors (Lipinski definition) is 0. The van der Waals surface area contributed by atoms with Crippen LogP contribution < -0.4 is 0 Å². The first-order valence-corrected chi connectivity index (χ1v) is 7.49. The van der Waals surface area contributed by atoms with E-state index in [1.54, 1.807) is 0 Å². The van der Waals surface area contributed by atoms with E-state index < -0.39 is 0 Å². The minimum atomic E-state index is 0.214. The van der Waals surface area contributed by atoms with Crippen molar-refractivity contribution in [2.75, 3.05) is 6.54 Å². The van der Waals surface area contributed by atoms with Crippen LogP contribution >= 0.6 is 0 Å². The molecule has 0 bridgehead atoms. The summed E-state index contributed by atoms with van der Waals surface area (Å²) < 4.78 is 5.15. The highest BCUT2D eigenvalue weighted by Gasteiger charge is 2.32. The van der Waals surface area contributed by atoms with Crippen LogP contribution in [0.25, 0.3) is 0 Å². The first kappa shape index (κ1) is 15.1. The van der Waals surface area contributed by atoms with Crippen LogP contribution in [-0.4, -0.2) is 28.6 Å². The van der Waals surface area contributed by atoms with Crippen molar-refractivity contribution >= 4 is 5.91 Å². The molecule has 2 rings (SSSR count). The molecule has 1 fully saturated rings. The first-order chi connectivity index (χ1) is 9.28. The van der Waals surface area contributed by atoms with Crippen molar-refractivity contribution in [3.63, 3.8) is 0 Å². The molecule has 1 saturated heterocycles. The fraction of sp³-hybridized carbons (Fsp3) is 0.750. The smallest absolute Gasteiger partial charge is 0.227 e. The molecule has 112 valence electrons. The van der Waals surface area contributed by atoms with Gasteiger partial charge in [0, 0.05) is 18.2 Å². The Morgan fingerprint density at radius 3 is 2.65 bits per heavy atom. The lowest BCUT2D eigenvalue weighted by Gasteiger charge is -2.30. The summed E-state index contributed by atoms with van der Waals surface area (Å²) >= 11 is 0. The Morgan fingerprint density at radius 1 is 1.40 bits per heavy atom. The number of rotatable bonds is 3. The third-order valence-electron chi connectivity index (χ3n) is 4.05. The molecule has 4 nitrogen and oxygen atoms in total. The summed E-state index contributed by atoms with van der Waals surface area (Å²) in [5.74, 6) is 0.980. The monoisotopic (exact) mass is 278 g/mol. The highest BCUT2D eigenvalue weighted by molar-refractivity contribution is 5.79. The van der Waals surface area contributed by atoms with Crippen molar-refractivity contribution in [1.29, 1.82) is 0 Å². The molecule has 0 radical (unpaired) electrons. The molecule has 2 heterocycles. The lowest BCUT2D eigenvalue weighted by atomic mass is 9.87. The molecule has 1 aliphatic heterocycles. The van der Waals surface area contributed by atoms with Crippen molar-refractivity contribution in [3.8, 4) is 0 Å². The van der Waals surface area contributed by atoms with Crippen LogP contribution in [0.3, 0.4) is 0 Å². The maximum Gasteiger partial charge on any atom is 0.227 e. The third-order valence-corrected chi connectivity index (χ3v) is 4.05. The van der Waals surface area contributed by atoms with Crippen LogP contribution in [0, 0.1) is 19.3 Å². The highest BCUT2D eigenvalue weighted by atomic mass is 16.5. The molecule has 1 atom stereocenters. The maximum atomic E-state index is 12.6. The molecule has 4 heteroatoms. The van der Waals surface area contributed by atoms with Gasteiger partial charge in [0.1, 0.15) is 5.76 Å². The van der Waals surface area contributed by atoms with E-state index in [0.29, 0.717) is 12.5 Å². The van der Waals surface area contributed by atoms with Gasteiger partial charge in [0.25, 0.3) is 0 Å². The van der Waals surface area contributed by atoms with Crippen molar-refractivity contribution in [3.05, 3.63) is 17.0 Å². The third kappa shape index (κ3) is 3.41. The Labute approximate surface area is 121 Å². The van der Waals surface area contributed by atoms with Gasteiger partial charge in [-0.2, -0.15) is 0 Å². The van der Waals surface area contributed by atoms with Crippen molar-refractivity contribution in [2.45, 2.75) is 66.3 Å². The summed E-state index contributed by atoms with van der Waals surface area (Å²) in [6.07, 6.45) is 3.74. The molecule has 0 saturated carbocycles. The fourth-order valence-electron chi connectivity index (χ4n) is 3.09. The second-order valence-electron chi connectivity index (χ2n) is 7.13. The summed E-state index contributed by atoms with van der Waals surface area (Å²) in [6, 6.07) is 0.392. The van der Waals surface area contributed by atoms with E-state index in [9.17, 15) is 4.79 Å². The maximum absolute atomic E-state index is 12.6. The van der Waals surface area contributed by atoms with E-state index in [1.165, 1.54) is 0 Å². The second-order valence-corrected chi connectivity index (χ2v) is 7.13. The zero-order valence-electron chi connectivity index (χ0n) is 13.3. The van der Waals surface area contributed by atoms with Crippen LogP contribution in [0.4, 0.5) is 0 Å². The fourth-order valence-corrected chi connectivity index (χ4v) is 3.09. The van der Waals surface area contributed by atoms with Crippen LogP contribution in [-0.2, 0) is 11.2 Å². The predicted molar refractivity (Wildman–Crippen MR) is 78.5 cm³/mol. The largest absolute Gasteiger partial charge is 0.361 e. The zero-order chi connectivity index (χ0) is 14.9. The molecule has 20 heavy (non-hydrogen) atoms. The van der Waals surface area contributed by atoms with Crippen molar-refractivity contribution in [2.24, 2.45) is 5.41 Å². The van der Waals surface area contributed by atoms with E-state index in [2.05, 4.69) is 30.8 Å². The SMILES string of the molecule is Cc1noc(C)c1CC(=O)N1CCC[C@@H]1CC(C)(C)C. The summed E-state index contributed by atoms with van der Waals surface area (Å²) in [5, 5.41) is 3.93. The van der Waals surface area contributed by atoms with Crippen LogP contribution in [0.15, 0.2) is 4.52 Å². The average Bonchev–Trinajstić information content (AvgIpc) is 2.88. The molecule has 0 N–H and O–H groups in total. The Hall–Kier alpha value is -1.32. The summed E-state index contributed by atoms with van der Waals surface area (Å²) in [6.45, 7) is 11.4. The summed E-state index contributed by atoms with van der Waals surface area (Å²) in [5.41, 5.74) is 2.05. The minimum absolute atomic E-state index is 0.214. The number of aromatic nitrogens is 1. The topological polar surface area (TPSA) is 46.3 Å². The van der Waals surface area contributed by atoms with Crippen LogP contribution in [0.1, 0.15) is 57.1 Å². The zero-order valence-corrected chi connectivity index (χ0v) is 13.3. The number of carbonyl (C=O) groups excluding carboxylic acids is 1. The van der Waals surface area contributed by atoms with Gasteiger partial charge in [0.15, 0.2) is 0 Å². The number of aryl methyl sites for hydroxylation is 2. The van der Waals surface area contributed by atoms with Gasteiger partial charge in [-0.1, -0.05) is 25.9 Å². The van der Waals surface area contributed by atoms with Crippen molar-refractivity contribution in [1.82, 2.24) is 10.1 Å². The van der Waals surface area contributed by atoms with Gasteiger partial charge in [-0.15, -0.1) is 0 Å². The van der Waals surface area contributed by atoms with Gasteiger partial charge >= 0.3 is 0 Å². The first-order valence-electron chi connectivity index (χ1n) is 7.49. The molecule has 1 aliphatic rings. The van der Waals surface area contributed by atoms with Crippen molar-refractivity contribution < 1.29 is 9.32 Å². The number of amides is 1. The minimum Gasteiger partial charge on any atom is -0.361 e. The van der Waals surface area contributed by atoms with Gasteiger partial charge in [-0.25, -0.2) is 0 Å². The Kier molecular flexibility index (Phi) is 4.21. The van der Waals surface area contributed by atoms with Gasteiger partial charge in [-0.05, 0) is 38.5 Å². The molecular formula is C16H26N2O2. The number of nitrogens with zero attached hydrogens (tertiary/aromatic N) is 2. The van der Waals surface area contributed by atoms with E-state index in [-0.39, 0.29) is 11.3 Å². The molecule has 1 aromatic heterocycles. The lowest BCUT2D eigenvalue weighted by Crippen LogP contribution is -2.38. The lowest BCUT2D eigenvalue weighted by molar-refractivity contribution is -0.131. The quantitative estimate of drug-likeness (QED) is 0.852. The molecular weight excluding hydrogens is 252 g/mol. The molecule has 0 aromatic carbocycles. The normalized spacial score (nSPS) is 19.6. The number of hydrogen-bond acceptors (Lipinski definition) is 3. The molecule has 0 aliphatic carbocycles. The molecule has 1 aromatic rings. The predicted octanol–water partition coefficient (Wildman–Crippen LogP) is 3.26. The Morgan fingerprint density at radius 2 is 2.10 bits per heavy atom. The van der Waals surface area contributed by atoms with E-state index in [0.717, 1.165) is 42.8 Å². The average molecular weight is 278 g/mol. The molecule has 0 unspecified atom stereocenters. The number of likely N-dealkylation sites (tertiary alicyclic amines) is 1. The molecule has 0 spiro atoms. The standard InChI is InChI=1S/C16H26N2O2/c1-11-14(12(2)20-17-11)9-15(19)18-8-6-7-13(18)10-16(3,4)5/h13H,6-10H2,1-5H3/t13-/m1/s1. The van der Waals surface area contributed by atoms with E-state index in [1.807, 2.05) is 13.8 Å². The summed E-state index contributed by atoms with van der Waals surface area (Å²) in [4.78, 5) is 14.6. The van der Waals surface area contributed by atoms with Gasteiger partial charge in [0.2, 0.25) is 5.91 Å². The highest BCUT2D eigenvalue weighted by Crippen LogP contribution is 2.30. The van der Waals surface area contributed by atoms with Gasteiger partial charge in [0.05, 0.1) is 12.1 Å². The van der Waals surface area contributed by atoms with Gasteiger partial charge in [-0.3, -0.25) is 4.79 Å². The Balaban J connectivity index is 2.05. The second kappa shape index (κ2) is 5.58. The van der Waals surface area contributed by atoms with E-state index >= 15 is 0 Å². The van der Waals surface area contributed by atoms with E-state index in [4.69, 9.17) is 4.52 Å². The number of carbonyl (C=O) groups is 1. The van der Waals surface area contributed by atoms with Gasteiger partial charge < -0.3 is 9.42 Å². The van der Waals surface area contributed by atoms with Crippen LogP contribution in [0.2, 0.25) is 0 Å². The molecule has 1 amide bonds. The Bertz CT molecular complexity index is 466. The van der Waals surface area contributed by atoms with Crippen LogP contribution in [0.5, 0.6) is 0 Å². The summed E-state index contributed by atoms with van der Waals surface area (Å²) in [7, 11) is 0.